The summed E-state index contributed by atoms with van der Waals surface area (Å²) in [6.45, 7) is 0. The van der Waals surface area contributed by atoms with E-state index >= 15 is 0 Å². The molecule has 2 aromatic rings. The highest BCUT2D eigenvalue weighted by molar-refractivity contribution is 6.29. The summed E-state index contributed by atoms with van der Waals surface area (Å²) in [5, 5.41) is 0.381. The second-order valence-corrected chi connectivity index (χ2v) is 3.39. The Morgan fingerprint density at radius 2 is 2.00 bits per heavy atom. The third-order valence-corrected chi connectivity index (χ3v) is 2.19. The van der Waals surface area contributed by atoms with Gasteiger partial charge in [0.15, 0.2) is 0 Å². The number of aromatic nitrogens is 3. The lowest BCUT2D eigenvalue weighted by Gasteiger charge is -2.09. The Bertz CT molecular complexity index is 446. The molecular weight excluding hydrogens is 212 g/mol. The maximum Gasteiger partial charge on any atom is 0.132 e. The molecule has 0 aliphatic rings. The minimum Gasteiger partial charge on any atom is -0.318 e. The lowest BCUT2D eigenvalue weighted by Crippen LogP contribution is -2.14. The van der Waals surface area contributed by atoms with E-state index in [1.165, 1.54) is 6.33 Å². The van der Waals surface area contributed by atoms with Gasteiger partial charge < -0.3 is 5.73 Å². The Morgan fingerprint density at radius 3 is 2.67 bits per heavy atom. The SMILES string of the molecule is NC(c1ccccn1)c1cc(Cl)ncn1. The highest BCUT2D eigenvalue weighted by atomic mass is 35.5. The molecule has 0 fully saturated rings. The molecule has 0 radical (unpaired) electrons. The number of rotatable bonds is 2. The maximum absolute atomic E-state index is 5.97. The van der Waals surface area contributed by atoms with Crippen LogP contribution >= 0.6 is 11.6 Å². The minimum absolute atomic E-state index is 0.369. The van der Waals surface area contributed by atoms with Crippen LogP contribution in [-0.2, 0) is 0 Å². The number of hydrogen-bond donors (Lipinski definition) is 1. The molecule has 2 rings (SSSR count). The van der Waals surface area contributed by atoms with Crippen molar-refractivity contribution in [1.82, 2.24) is 15.0 Å². The summed E-state index contributed by atoms with van der Waals surface area (Å²) in [7, 11) is 0. The van der Waals surface area contributed by atoms with E-state index in [1.807, 2.05) is 18.2 Å². The first kappa shape index (κ1) is 10.0. The lowest BCUT2D eigenvalue weighted by atomic mass is 10.1. The van der Waals surface area contributed by atoms with Gasteiger partial charge in [-0.15, -0.1) is 0 Å². The second kappa shape index (κ2) is 4.33. The largest absolute Gasteiger partial charge is 0.318 e. The summed E-state index contributed by atoms with van der Waals surface area (Å²) >= 11 is 5.75. The van der Waals surface area contributed by atoms with Crippen molar-refractivity contribution in [3.63, 3.8) is 0 Å². The zero-order chi connectivity index (χ0) is 10.7. The van der Waals surface area contributed by atoms with Gasteiger partial charge in [0.1, 0.15) is 11.5 Å². The monoisotopic (exact) mass is 220 g/mol. The normalized spacial score (nSPS) is 12.4. The molecule has 0 aromatic carbocycles. The number of halogens is 1. The van der Waals surface area contributed by atoms with Crippen LogP contribution in [0.25, 0.3) is 0 Å². The van der Waals surface area contributed by atoms with Crippen LogP contribution in [0, 0.1) is 0 Å². The van der Waals surface area contributed by atoms with Gasteiger partial charge in [0, 0.05) is 6.20 Å². The molecule has 15 heavy (non-hydrogen) atoms. The third-order valence-electron chi connectivity index (χ3n) is 1.98. The fourth-order valence-electron chi connectivity index (χ4n) is 1.23. The molecule has 2 N–H and O–H groups in total. The Kier molecular flexibility index (Phi) is 2.89. The van der Waals surface area contributed by atoms with E-state index in [0.717, 1.165) is 5.69 Å². The van der Waals surface area contributed by atoms with Crippen LogP contribution in [-0.4, -0.2) is 15.0 Å². The first-order valence-electron chi connectivity index (χ1n) is 4.41. The Labute approximate surface area is 92.2 Å². The van der Waals surface area contributed by atoms with Crippen LogP contribution < -0.4 is 5.73 Å². The van der Waals surface area contributed by atoms with Gasteiger partial charge in [-0.2, -0.15) is 0 Å². The standard InChI is InChI=1S/C10H9ClN4/c11-9-5-8(14-6-15-9)10(12)7-3-1-2-4-13-7/h1-6,10H,12H2. The summed E-state index contributed by atoms with van der Waals surface area (Å²) in [5.74, 6) is 0. The van der Waals surface area contributed by atoms with E-state index < -0.39 is 0 Å². The van der Waals surface area contributed by atoms with Crippen LogP contribution in [0.1, 0.15) is 17.4 Å². The van der Waals surface area contributed by atoms with Gasteiger partial charge in [0.05, 0.1) is 17.4 Å². The number of pyridine rings is 1. The smallest absolute Gasteiger partial charge is 0.132 e. The van der Waals surface area contributed by atoms with Crippen molar-refractivity contribution in [2.75, 3.05) is 0 Å². The molecule has 4 nitrogen and oxygen atoms in total. The van der Waals surface area contributed by atoms with Gasteiger partial charge >= 0.3 is 0 Å². The predicted molar refractivity (Wildman–Crippen MR) is 57.3 cm³/mol. The van der Waals surface area contributed by atoms with E-state index in [9.17, 15) is 0 Å². The van der Waals surface area contributed by atoms with Crippen molar-refractivity contribution in [3.8, 4) is 0 Å². The van der Waals surface area contributed by atoms with Gasteiger partial charge in [-0.1, -0.05) is 17.7 Å². The highest BCUT2D eigenvalue weighted by Crippen LogP contribution is 2.16. The van der Waals surface area contributed by atoms with Crippen LogP contribution in [0.4, 0.5) is 0 Å². The van der Waals surface area contributed by atoms with Crippen LogP contribution in [0.5, 0.6) is 0 Å². The van der Waals surface area contributed by atoms with E-state index in [0.29, 0.717) is 10.8 Å². The molecule has 1 atom stereocenters. The first-order valence-corrected chi connectivity index (χ1v) is 4.79. The van der Waals surface area contributed by atoms with Gasteiger partial charge in [-0.3, -0.25) is 4.98 Å². The van der Waals surface area contributed by atoms with Crippen LogP contribution in [0.3, 0.4) is 0 Å². The number of nitrogens with two attached hydrogens (primary N) is 1. The second-order valence-electron chi connectivity index (χ2n) is 3.00. The topological polar surface area (TPSA) is 64.7 Å². The fourth-order valence-corrected chi connectivity index (χ4v) is 1.38. The molecule has 0 saturated heterocycles. The molecule has 2 heterocycles. The third kappa shape index (κ3) is 2.29. The van der Waals surface area contributed by atoms with Gasteiger partial charge in [0.25, 0.3) is 0 Å². The van der Waals surface area contributed by atoms with E-state index in [2.05, 4.69) is 15.0 Å². The Balaban J connectivity index is 2.32. The molecule has 2 aromatic heterocycles. The predicted octanol–water partition coefficient (Wildman–Crippen LogP) is 1.57. The van der Waals surface area contributed by atoms with Crippen molar-refractivity contribution in [1.29, 1.82) is 0 Å². The minimum atomic E-state index is -0.369. The summed E-state index contributed by atoms with van der Waals surface area (Å²) in [6.07, 6.45) is 3.08. The van der Waals surface area contributed by atoms with Gasteiger partial charge in [-0.05, 0) is 18.2 Å². The molecule has 5 heteroatoms. The van der Waals surface area contributed by atoms with Gasteiger partial charge in [0.2, 0.25) is 0 Å². The van der Waals surface area contributed by atoms with E-state index in [-0.39, 0.29) is 6.04 Å². The summed E-state index contributed by atoms with van der Waals surface area (Å²) in [4.78, 5) is 12.0. The average Bonchev–Trinajstić information content (AvgIpc) is 2.29. The molecular formula is C10H9ClN4. The molecule has 1 unspecified atom stereocenters. The van der Waals surface area contributed by atoms with E-state index in [4.69, 9.17) is 17.3 Å². The molecule has 0 saturated carbocycles. The molecule has 0 spiro atoms. The van der Waals surface area contributed by atoms with Crippen molar-refractivity contribution in [3.05, 3.63) is 53.3 Å². The molecule has 76 valence electrons. The number of nitrogens with zero attached hydrogens (tertiary/aromatic N) is 3. The van der Waals surface area contributed by atoms with Crippen LogP contribution in [0.2, 0.25) is 5.15 Å². The van der Waals surface area contributed by atoms with Gasteiger partial charge in [-0.25, -0.2) is 9.97 Å². The molecule has 0 bridgehead atoms. The summed E-state index contributed by atoms with van der Waals surface area (Å²) in [5.41, 5.74) is 7.39. The van der Waals surface area contributed by atoms with E-state index in [1.54, 1.807) is 12.3 Å². The average molecular weight is 221 g/mol. The summed E-state index contributed by atoms with van der Waals surface area (Å²) in [6, 6.07) is 6.84. The van der Waals surface area contributed by atoms with Crippen molar-refractivity contribution >= 4 is 11.6 Å². The zero-order valence-corrected chi connectivity index (χ0v) is 8.59. The summed E-state index contributed by atoms with van der Waals surface area (Å²) < 4.78 is 0. The molecule has 0 aliphatic heterocycles. The maximum atomic E-state index is 5.97. The van der Waals surface area contributed by atoms with Crippen molar-refractivity contribution in [2.24, 2.45) is 5.73 Å². The molecule has 0 aliphatic carbocycles. The van der Waals surface area contributed by atoms with Crippen molar-refractivity contribution in [2.45, 2.75) is 6.04 Å². The van der Waals surface area contributed by atoms with Crippen molar-refractivity contribution < 1.29 is 0 Å². The first-order chi connectivity index (χ1) is 7.27. The zero-order valence-electron chi connectivity index (χ0n) is 7.84. The quantitative estimate of drug-likeness (QED) is 0.781. The lowest BCUT2D eigenvalue weighted by molar-refractivity contribution is 0.788. The fraction of sp³-hybridized carbons (Fsp3) is 0.100. The Hall–Kier alpha value is -1.52. The van der Waals surface area contributed by atoms with Crippen LogP contribution in [0.15, 0.2) is 36.8 Å². The Morgan fingerprint density at radius 1 is 1.13 bits per heavy atom. The highest BCUT2D eigenvalue weighted by Gasteiger charge is 2.11. The molecule has 0 amide bonds. The number of hydrogen-bond acceptors (Lipinski definition) is 4.